The van der Waals surface area contributed by atoms with E-state index in [0.717, 1.165) is 6.42 Å². The number of carbonyl (C=O) groups is 1. The first kappa shape index (κ1) is 15.5. The van der Waals surface area contributed by atoms with Crippen molar-refractivity contribution in [1.29, 1.82) is 0 Å². The Hall–Kier alpha value is -1.58. The summed E-state index contributed by atoms with van der Waals surface area (Å²) in [6.07, 6.45) is 3.97. The molecule has 1 N–H and O–H groups in total. The molecule has 0 bridgehead atoms. The minimum absolute atomic E-state index is 0.0526. The molecule has 0 amide bonds. The van der Waals surface area contributed by atoms with Gasteiger partial charge in [-0.2, -0.15) is 0 Å². The smallest absolute Gasteiger partial charge is 0.168 e. The van der Waals surface area contributed by atoms with Gasteiger partial charge in [-0.15, -0.1) is 0 Å². The molecule has 1 aliphatic rings. The normalized spacial score (nSPS) is 19.5. The molecule has 0 aromatic rings. The number of Topliss-reactive ketones (excluding diaryl/α,β-unsaturated/α-hetero) is 1. The molecular formula is C15H23NO3. The lowest BCUT2D eigenvalue weighted by atomic mass is 9.75. The summed E-state index contributed by atoms with van der Waals surface area (Å²) in [5.41, 5.74) is 0.705. The molecule has 0 saturated heterocycles. The van der Waals surface area contributed by atoms with Crippen LogP contribution in [0.1, 0.15) is 46.5 Å². The van der Waals surface area contributed by atoms with E-state index in [0.29, 0.717) is 37.2 Å². The summed E-state index contributed by atoms with van der Waals surface area (Å²) in [5, 5.41) is 14.1. The molecule has 0 radical (unpaired) electrons. The number of nitrogens with zero attached hydrogens (tertiary/aromatic N) is 1. The molecule has 0 heterocycles. The highest BCUT2D eigenvalue weighted by Gasteiger charge is 2.35. The number of hydrogen-bond donors (Lipinski definition) is 1. The maximum absolute atomic E-state index is 12.2. The van der Waals surface area contributed by atoms with Crippen LogP contribution in [0, 0.1) is 5.41 Å². The van der Waals surface area contributed by atoms with Crippen LogP contribution in [-0.4, -0.2) is 23.2 Å². The van der Waals surface area contributed by atoms with Crippen molar-refractivity contribution in [2.24, 2.45) is 10.6 Å². The molecular weight excluding hydrogens is 242 g/mol. The third kappa shape index (κ3) is 4.23. The fourth-order valence-electron chi connectivity index (χ4n) is 2.24. The van der Waals surface area contributed by atoms with E-state index in [1.807, 2.05) is 20.8 Å². The van der Waals surface area contributed by atoms with Gasteiger partial charge in [0.2, 0.25) is 0 Å². The lowest BCUT2D eigenvalue weighted by Crippen LogP contribution is -2.29. The molecule has 1 aliphatic carbocycles. The fraction of sp³-hybridized carbons (Fsp3) is 0.600. The predicted octanol–water partition coefficient (Wildman–Crippen LogP) is 3.55. The third-order valence-corrected chi connectivity index (χ3v) is 3.00. The maximum atomic E-state index is 12.2. The molecule has 0 aromatic carbocycles. The van der Waals surface area contributed by atoms with Gasteiger partial charge in [-0.1, -0.05) is 45.0 Å². The Morgan fingerprint density at radius 1 is 1.53 bits per heavy atom. The lowest BCUT2D eigenvalue weighted by molar-refractivity contribution is -0.118. The van der Waals surface area contributed by atoms with Crippen molar-refractivity contribution in [2.45, 2.75) is 46.5 Å². The summed E-state index contributed by atoms with van der Waals surface area (Å²) in [4.78, 5) is 17.3. The second-order valence-corrected chi connectivity index (χ2v) is 5.64. The van der Waals surface area contributed by atoms with Crippen molar-refractivity contribution in [3.05, 3.63) is 24.0 Å². The van der Waals surface area contributed by atoms with Gasteiger partial charge >= 0.3 is 0 Å². The third-order valence-electron chi connectivity index (χ3n) is 3.00. The van der Waals surface area contributed by atoms with Gasteiger partial charge in [0, 0.05) is 12.8 Å². The standard InChI is InChI=1S/C15H23NO3/c1-5-7-11(16-19-8-6-2)14-12(17)9-15(3,4)10-13(14)18/h6,17H,2,5,7-10H2,1,3-4H3/b16-11+. The van der Waals surface area contributed by atoms with Crippen molar-refractivity contribution in [2.75, 3.05) is 6.61 Å². The summed E-state index contributed by atoms with van der Waals surface area (Å²) in [5.74, 6) is 0.0822. The van der Waals surface area contributed by atoms with Gasteiger partial charge in [0.25, 0.3) is 0 Å². The Kier molecular flexibility index (Phi) is 5.33. The summed E-state index contributed by atoms with van der Waals surface area (Å²) in [6, 6.07) is 0. The second kappa shape index (κ2) is 6.55. The van der Waals surface area contributed by atoms with E-state index < -0.39 is 0 Å². The number of aliphatic hydroxyl groups excluding tert-OH is 1. The van der Waals surface area contributed by atoms with Gasteiger partial charge in [-0.05, 0) is 11.8 Å². The van der Waals surface area contributed by atoms with E-state index in [-0.39, 0.29) is 17.0 Å². The van der Waals surface area contributed by atoms with Crippen molar-refractivity contribution in [3.63, 3.8) is 0 Å². The average Bonchev–Trinajstić information content (AvgIpc) is 2.26. The number of allylic oxidation sites excluding steroid dienone is 2. The Morgan fingerprint density at radius 2 is 2.21 bits per heavy atom. The van der Waals surface area contributed by atoms with Crippen LogP contribution in [0.2, 0.25) is 0 Å². The monoisotopic (exact) mass is 265 g/mol. The van der Waals surface area contributed by atoms with Crippen LogP contribution in [0.4, 0.5) is 0 Å². The summed E-state index contributed by atoms with van der Waals surface area (Å²) < 4.78 is 0. The minimum Gasteiger partial charge on any atom is -0.511 e. The molecule has 4 nitrogen and oxygen atoms in total. The molecule has 4 heteroatoms. The van der Waals surface area contributed by atoms with Crippen molar-refractivity contribution in [3.8, 4) is 0 Å². The van der Waals surface area contributed by atoms with Crippen molar-refractivity contribution >= 4 is 11.5 Å². The molecule has 106 valence electrons. The fourth-order valence-corrected chi connectivity index (χ4v) is 2.24. The summed E-state index contributed by atoms with van der Waals surface area (Å²) in [6.45, 7) is 9.78. The van der Waals surface area contributed by atoms with Crippen LogP contribution >= 0.6 is 0 Å². The topological polar surface area (TPSA) is 58.9 Å². The number of hydrogen-bond acceptors (Lipinski definition) is 4. The Labute approximate surface area is 114 Å². The quantitative estimate of drug-likeness (QED) is 0.346. The van der Waals surface area contributed by atoms with Crippen LogP contribution in [0.25, 0.3) is 0 Å². The molecule has 0 spiro atoms. The number of ketones is 1. The first-order valence-electron chi connectivity index (χ1n) is 6.66. The number of aliphatic hydroxyl groups is 1. The number of oxime groups is 1. The van der Waals surface area contributed by atoms with Crippen LogP contribution in [0.5, 0.6) is 0 Å². The molecule has 0 fully saturated rings. The van der Waals surface area contributed by atoms with Gasteiger partial charge in [-0.3, -0.25) is 4.79 Å². The molecule has 19 heavy (non-hydrogen) atoms. The molecule has 1 rings (SSSR count). The van der Waals surface area contributed by atoms with E-state index in [1.54, 1.807) is 6.08 Å². The van der Waals surface area contributed by atoms with E-state index in [2.05, 4.69) is 11.7 Å². The Bertz CT molecular complexity index is 419. The van der Waals surface area contributed by atoms with Gasteiger partial charge in [-0.25, -0.2) is 0 Å². The predicted molar refractivity (Wildman–Crippen MR) is 76.2 cm³/mol. The first-order chi connectivity index (χ1) is 8.91. The van der Waals surface area contributed by atoms with E-state index in [9.17, 15) is 9.90 Å². The van der Waals surface area contributed by atoms with E-state index >= 15 is 0 Å². The van der Waals surface area contributed by atoms with Crippen molar-refractivity contribution in [1.82, 2.24) is 0 Å². The SMILES string of the molecule is C=CCO/N=C(\CCC)C1=C(O)CC(C)(C)CC1=O. The lowest BCUT2D eigenvalue weighted by Gasteiger charge is -2.29. The zero-order valence-corrected chi connectivity index (χ0v) is 12.0. The molecule has 0 aliphatic heterocycles. The molecule has 0 aromatic heterocycles. The average molecular weight is 265 g/mol. The second-order valence-electron chi connectivity index (χ2n) is 5.64. The summed E-state index contributed by atoms with van der Waals surface area (Å²) in [7, 11) is 0. The van der Waals surface area contributed by atoms with Crippen LogP contribution in [-0.2, 0) is 9.63 Å². The minimum atomic E-state index is -0.191. The Balaban J connectivity index is 3.03. The maximum Gasteiger partial charge on any atom is 0.168 e. The largest absolute Gasteiger partial charge is 0.511 e. The molecule has 0 atom stereocenters. The van der Waals surface area contributed by atoms with Gasteiger partial charge in [0.1, 0.15) is 12.4 Å². The number of rotatable bonds is 6. The molecule has 0 saturated carbocycles. The zero-order valence-electron chi connectivity index (χ0n) is 12.0. The molecule has 0 unspecified atom stereocenters. The highest BCUT2D eigenvalue weighted by molar-refractivity contribution is 6.23. The Morgan fingerprint density at radius 3 is 2.74 bits per heavy atom. The van der Waals surface area contributed by atoms with Gasteiger partial charge in [0.15, 0.2) is 5.78 Å². The highest BCUT2D eigenvalue weighted by Crippen LogP contribution is 2.36. The summed E-state index contributed by atoms with van der Waals surface area (Å²) >= 11 is 0. The number of carbonyl (C=O) groups excluding carboxylic acids is 1. The van der Waals surface area contributed by atoms with Crippen LogP contribution in [0.3, 0.4) is 0 Å². The highest BCUT2D eigenvalue weighted by atomic mass is 16.6. The zero-order chi connectivity index (χ0) is 14.5. The van der Waals surface area contributed by atoms with Crippen molar-refractivity contribution < 1.29 is 14.7 Å². The van der Waals surface area contributed by atoms with Gasteiger partial charge in [0.05, 0.1) is 11.3 Å². The van der Waals surface area contributed by atoms with Crippen LogP contribution < -0.4 is 0 Å². The van der Waals surface area contributed by atoms with E-state index in [4.69, 9.17) is 4.84 Å². The van der Waals surface area contributed by atoms with E-state index in [1.165, 1.54) is 0 Å². The first-order valence-corrected chi connectivity index (χ1v) is 6.66. The van der Waals surface area contributed by atoms with Gasteiger partial charge < -0.3 is 9.94 Å². The van der Waals surface area contributed by atoms with Crippen LogP contribution in [0.15, 0.2) is 29.1 Å².